The topological polar surface area (TPSA) is 99.2 Å². The zero-order chi connectivity index (χ0) is 22.4. The Bertz CT molecular complexity index is 845. The van der Waals surface area contributed by atoms with Crippen molar-refractivity contribution in [1.29, 1.82) is 0 Å². The predicted molar refractivity (Wildman–Crippen MR) is 116 cm³/mol. The largest absolute Gasteiger partial charge is 0.396 e. The molecule has 0 radical (unpaired) electrons. The third-order valence-corrected chi connectivity index (χ3v) is 6.66. The van der Waals surface area contributed by atoms with Crippen LogP contribution in [0.3, 0.4) is 0 Å². The summed E-state index contributed by atoms with van der Waals surface area (Å²) < 4.78 is 46.5. The molecule has 10 heteroatoms. The number of nitrogens with one attached hydrogen (secondary N) is 1. The van der Waals surface area contributed by atoms with Crippen LogP contribution in [0.1, 0.15) is 32.1 Å². The number of ether oxygens (including phenoxy) is 1. The number of aliphatic hydroxyl groups excluding tert-OH is 1. The van der Waals surface area contributed by atoms with Crippen molar-refractivity contribution in [2.24, 2.45) is 0 Å². The van der Waals surface area contributed by atoms with Crippen molar-refractivity contribution in [3.05, 3.63) is 30.1 Å². The molecule has 8 nitrogen and oxygen atoms in total. The second kappa shape index (κ2) is 10.7. The molecule has 0 bridgehead atoms. The molecule has 0 aromatic heterocycles. The third-order valence-electron chi connectivity index (χ3n) is 5.93. The molecule has 0 spiro atoms. The molecule has 174 valence electrons. The first kappa shape index (κ1) is 23.9. The second-order valence-electron chi connectivity index (χ2n) is 8.24. The van der Waals surface area contributed by atoms with Gasteiger partial charge in [-0.2, -0.15) is 0 Å². The lowest BCUT2D eigenvalue weighted by Crippen LogP contribution is -2.59. The number of sulfonamides is 1. The summed E-state index contributed by atoms with van der Waals surface area (Å²) in [6, 6.07) is 5.86. The maximum atomic E-state index is 14.0. The predicted octanol–water partition coefficient (Wildman–Crippen LogP) is 1.10. The molecule has 3 rings (SSSR count). The lowest BCUT2D eigenvalue weighted by atomic mass is 9.96. The van der Waals surface area contributed by atoms with Crippen LogP contribution < -0.4 is 9.62 Å². The number of likely N-dealkylation sites (tertiary alicyclic amines) is 1. The van der Waals surface area contributed by atoms with E-state index in [4.69, 9.17) is 9.84 Å². The van der Waals surface area contributed by atoms with Gasteiger partial charge in [0.25, 0.3) is 0 Å². The summed E-state index contributed by atoms with van der Waals surface area (Å²) in [5.41, 5.74) is 0.589. The maximum Gasteiger partial charge on any atom is 0.225 e. The van der Waals surface area contributed by atoms with E-state index < -0.39 is 22.1 Å². The number of benzene rings is 1. The number of carbonyl (C=O) groups excluding carboxylic acids is 1. The Morgan fingerprint density at radius 2 is 1.94 bits per heavy atom. The van der Waals surface area contributed by atoms with Gasteiger partial charge >= 0.3 is 0 Å². The van der Waals surface area contributed by atoms with E-state index in [1.165, 1.54) is 6.07 Å². The first-order valence-electron chi connectivity index (χ1n) is 10.8. The molecule has 2 N–H and O–H groups in total. The Labute approximate surface area is 183 Å². The van der Waals surface area contributed by atoms with Gasteiger partial charge in [-0.1, -0.05) is 12.1 Å². The highest BCUT2D eigenvalue weighted by Crippen LogP contribution is 2.25. The number of halogens is 1. The summed E-state index contributed by atoms with van der Waals surface area (Å²) in [4.78, 5) is 16.1. The van der Waals surface area contributed by atoms with Crippen molar-refractivity contribution < 1.29 is 27.4 Å². The van der Waals surface area contributed by atoms with Gasteiger partial charge in [-0.15, -0.1) is 0 Å². The van der Waals surface area contributed by atoms with E-state index in [2.05, 4.69) is 4.72 Å². The highest BCUT2D eigenvalue weighted by atomic mass is 32.2. The normalized spacial score (nSPS) is 23.2. The van der Waals surface area contributed by atoms with Crippen LogP contribution in [0.4, 0.5) is 10.1 Å². The molecular formula is C21H32FN3O5S. The Morgan fingerprint density at radius 1 is 1.23 bits per heavy atom. The molecular weight excluding hydrogens is 425 g/mol. The summed E-state index contributed by atoms with van der Waals surface area (Å²) >= 11 is 0. The van der Waals surface area contributed by atoms with Crippen molar-refractivity contribution in [1.82, 2.24) is 9.62 Å². The fraction of sp³-hybridized carbons (Fsp3) is 0.667. The van der Waals surface area contributed by atoms with Crippen LogP contribution in [0, 0.1) is 5.82 Å². The minimum absolute atomic E-state index is 0.00310. The number of hydrogen-bond acceptors (Lipinski definition) is 6. The van der Waals surface area contributed by atoms with Gasteiger partial charge in [-0.3, -0.25) is 4.79 Å². The van der Waals surface area contributed by atoms with Crippen LogP contribution in [-0.4, -0.2) is 81.6 Å². The Hall–Kier alpha value is -1.75. The van der Waals surface area contributed by atoms with Gasteiger partial charge in [0.15, 0.2) is 0 Å². The molecule has 2 atom stereocenters. The number of para-hydroxylation sites is 1. The summed E-state index contributed by atoms with van der Waals surface area (Å²) in [6.45, 7) is 1.81. The van der Waals surface area contributed by atoms with Crippen LogP contribution in [0.25, 0.3) is 0 Å². The average molecular weight is 458 g/mol. The van der Waals surface area contributed by atoms with Gasteiger partial charge in [-0.25, -0.2) is 17.5 Å². The van der Waals surface area contributed by atoms with Crippen molar-refractivity contribution in [2.45, 2.75) is 50.3 Å². The van der Waals surface area contributed by atoms with E-state index in [0.717, 1.165) is 19.1 Å². The van der Waals surface area contributed by atoms with Crippen molar-refractivity contribution in [3.8, 4) is 0 Å². The lowest BCUT2D eigenvalue weighted by Gasteiger charge is -2.42. The number of hydrogen-bond donors (Lipinski definition) is 2. The molecule has 0 saturated carbocycles. The minimum Gasteiger partial charge on any atom is -0.396 e. The van der Waals surface area contributed by atoms with E-state index in [0.29, 0.717) is 38.2 Å². The number of aliphatic hydroxyl groups is 1. The molecule has 2 heterocycles. The van der Waals surface area contributed by atoms with E-state index in [1.807, 2.05) is 11.0 Å². The third kappa shape index (κ3) is 6.61. The fourth-order valence-electron chi connectivity index (χ4n) is 4.43. The van der Waals surface area contributed by atoms with Crippen molar-refractivity contribution in [2.75, 3.05) is 44.0 Å². The fourth-order valence-corrected chi connectivity index (χ4v) is 5.26. The van der Waals surface area contributed by atoms with Crippen LogP contribution >= 0.6 is 0 Å². The standard InChI is InChI=1S/C21H32FN3O5S/c1-31(28,29)23-18-6-4-11-25(21(27)10-14-26)20(18)15-30-16-8-12-24(13-9-16)19-7-3-2-5-17(19)22/h2-3,5,7,16,18,20,23,26H,4,6,8-15H2,1H3/t18-,20-/m1/s1. The van der Waals surface area contributed by atoms with Crippen molar-refractivity contribution in [3.63, 3.8) is 0 Å². The summed E-state index contributed by atoms with van der Waals surface area (Å²) in [5, 5.41) is 9.16. The lowest BCUT2D eigenvalue weighted by molar-refractivity contribution is -0.139. The number of anilines is 1. The maximum absolute atomic E-state index is 14.0. The Kier molecular flexibility index (Phi) is 8.26. The van der Waals surface area contributed by atoms with Gasteiger partial charge in [0.2, 0.25) is 15.9 Å². The Balaban J connectivity index is 1.61. The summed E-state index contributed by atoms with van der Waals surface area (Å²) in [7, 11) is -3.44. The molecule has 1 amide bonds. The van der Waals surface area contributed by atoms with E-state index >= 15 is 0 Å². The van der Waals surface area contributed by atoms with Crippen LogP contribution in [0.15, 0.2) is 24.3 Å². The van der Waals surface area contributed by atoms with E-state index in [9.17, 15) is 17.6 Å². The zero-order valence-corrected chi connectivity index (χ0v) is 18.7. The highest BCUT2D eigenvalue weighted by Gasteiger charge is 2.36. The number of nitrogens with zero attached hydrogens (tertiary/aromatic N) is 2. The van der Waals surface area contributed by atoms with Crippen LogP contribution in [-0.2, 0) is 19.6 Å². The van der Waals surface area contributed by atoms with Crippen molar-refractivity contribution >= 4 is 21.6 Å². The summed E-state index contributed by atoms with van der Waals surface area (Å²) in [5.74, 6) is -0.442. The second-order valence-corrected chi connectivity index (χ2v) is 10.0. The molecule has 2 fully saturated rings. The quantitative estimate of drug-likeness (QED) is 0.607. The first-order chi connectivity index (χ1) is 14.8. The molecule has 31 heavy (non-hydrogen) atoms. The van der Waals surface area contributed by atoms with E-state index in [1.54, 1.807) is 17.0 Å². The van der Waals surface area contributed by atoms with Gasteiger partial charge in [0.05, 0.1) is 37.3 Å². The number of amides is 1. The summed E-state index contributed by atoms with van der Waals surface area (Å²) in [6.07, 6.45) is 3.81. The average Bonchev–Trinajstić information content (AvgIpc) is 2.72. The Morgan fingerprint density at radius 3 is 2.58 bits per heavy atom. The smallest absolute Gasteiger partial charge is 0.225 e. The van der Waals surface area contributed by atoms with Gasteiger partial charge in [-0.05, 0) is 37.8 Å². The first-order valence-corrected chi connectivity index (χ1v) is 12.7. The van der Waals surface area contributed by atoms with Gasteiger partial charge < -0.3 is 19.6 Å². The molecule has 1 aromatic rings. The van der Waals surface area contributed by atoms with Gasteiger partial charge in [0, 0.05) is 32.1 Å². The van der Waals surface area contributed by atoms with E-state index in [-0.39, 0.29) is 37.5 Å². The van der Waals surface area contributed by atoms with Gasteiger partial charge in [0.1, 0.15) is 5.82 Å². The molecule has 1 aromatic carbocycles. The number of rotatable bonds is 8. The molecule has 0 unspecified atom stereocenters. The molecule has 2 aliphatic rings. The number of carbonyl (C=O) groups is 1. The number of piperidine rings is 2. The zero-order valence-electron chi connectivity index (χ0n) is 17.9. The van der Waals surface area contributed by atoms with Crippen LogP contribution in [0.2, 0.25) is 0 Å². The minimum atomic E-state index is -3.44. The SMILES string of the molecule is CS(=O)(=O)N[C@@H]1CCCN(C(=O)CCO)[C@@H]1COC1CCN(c2ccccc2F)CC1. The monoisotopic (exact) mass is 457 g/mol. The highest BCUT2D eigenvalue weighted by molar-refractivity contribution is 7.88. The molecule has 2 saturated heterocycles. The molecule has 2 aliphatic heterocycles. The van der Waals surface area contributed by atoms with Crippen LogP contribution in [0.5, 0.6) is 0 Å². The molecule has 0 aliphatic carbocycles.